The molecule has 0 fully saturated rings. The summed E-state index contributed by atoms with van der Waals surface area (Å²) in [6, 6.07) is 9.30. The number of nitro groups is 2. The second-order valence-electron chi connectivity index (χ2n) is 4.23. The Kier molecular flexibility index (Phi) is 3.69. The molecule has 102 valence electrons. The van der Waals surface area contributed by atoms with Gasteiger partial charge in [0.15, 0.2) is 0 Å². The lowest BCUT2D eigenvalue weighted by Gasteiger charge is -2.14. The highest BCUT2D eigenvalue weighted by Crippen LogP contribution is 2.25. The van der Waals surface area contributed by atoms with E-state index in [9.17, 15) is 20.2 Å². The Hall–Kier alpha value is -2.83. The largest absolute Gasteiger partial charge is 0.481 e. The number of hydrogen-bond donors (Lipinski definition) is 0. The highest BCUT2D eigenvalue weighted by Gasteiger charge is 2.53. The fourth-order valence-electron chi connectivity index (χ4n) is 1.73. The summed E-state index contributed by atoms with van der Waals surface area (Å²) in [5, 5.41) is 21.7. The zero-order chi connectivity index (χ0) is 14.6. The second-order valence-corrected chi connectivity index (χ2v) is 4.23. The molecule has 7 nitrogen and oxygen atoms in total. The lowest BCUT2D eigenvalue weighted by molar-refractivity contribution is -0.780. The van der Waals surface area contributed by atoms with Crippen molar-refractivity contribution in [2.45, 2.75) is 12.1 Å². The van der Waals surface area contributed by atoms with Gasteiger partial charge in [-0.05, 0) is 17.7 Å². The molecule has 0 heterocycles. The van der Waals surface area contributed by atoms with Gasteiger partial charge in [-0.2, -0.15) is 0 Å². The van der Waals surface area contributed by atoms with Gasteiger partial charge in [0.25, 0.3) is 0 Å². The van der Waals surface area contributed by atoms with Crippen LogP contribution in [0.5, 0.6) is 0 Å². The van der Waals surface area contributed by atoms with E-state index in [1.807, 2.05) is 30.3 Å². The molecule has 0 saturated heterocycles. The van der Waals surface area contributed by atoms with Gasteiger partial charge in [0, 0.05) is 6.21 Å². The minimum atomic E-state index is -2.27. The van der Waals surface area contributed by atoms with Crippen LogP contribution in [0.2, 0.25) is 0 Å². The van der Waals surface area contributed by atoms with E-state index in [0.717, 1.165) is 11.6 Å². The normalized spacial score (nSPS) is 16.9. The average molecular weight is 273 g/mol. The molecule has 2 rings (SSSR count). The van der Waals surface area contributed by atoms with E-state index in [4.69, 9.17) is 0 Å². The van der Waals surface area contributed by atoms with Gasteiger partial charge in [-0.25, -0.2) is 0 Å². The summed E-state index contributed by atoms with van der Waals surface area (Å²) in [5.74, 6) is 0. The van der Waals surface area contributed by atoms with Crippen LogP contribution in [0.3, 0.4) is 0 Å². The molecule has 1 aliphatic carbocycles. The fourth-order valence-corrected chi connectivity index (χ4v) is 1.73. The van der Waals surface area contributed by atoms with Crippen molar-refractivity contribution in [1.29, 1.82) is 0 Å². The van der Waals surface area contributed by atoms with Crippen molar-refractivity contribution < 1.29 is 9.85 Å². The van der Waals surface area contributed by atoms with E-state index >= 15 is 0 Å². The highest BCUT2D eigenvalue weighted by atomic mass is 16.7. The van der Waals surface area contributed by atoms with Crippen molar-refractivity contribution in [1.82, 2.24) is 0 Å². The van der Waals surface area contributed by atoms with Gasteiger partial charge >= 0.3 is 5.66 Å². The minimum Gasteiger partial charge on any atom is -0.258 e. The third-order valence-electron chi connectivity index (χ3n) is 2.93. The van der Waals surface area contributed by atoms with E-state index in [1.54, 1.807) is 6.21 Å². The van der Waals surface area contributed by atoms with Crippen LogP contribution in [-0.4, -0.2) is 21.7 Å². The van der Waals surface area contributed by atoms with Crippen molar-refractivity contribution in [3.05, 3.63) is 80.0 Å². The number of nitrogens with zero attached hydrogens (tertiary/aromatic N) is 3. The van der Waals surface area contributed by atoms with Crippen molar-refractivity contribution in [2.24, 2.45) is 4.99 Å². The van der Waals surface area contributed by atoms with Gasteiger partial charge < -0.3 is 0 Å². The summed E-state index contributed by atoms with van der Waals surface area (Å²) < 4.78 is 0. The third-order valence-corrected chi connectivity index (χ3v) is 2.93. The molecule has 0 atom stereocenters. The van der Waals surface area contributed by atoms with Gasteiger partial charge in [0.05, 0.1) is 11.8 Å². The second kappa shape index (κ2) is 5.43. The first-order chi connectivity index (χ1) is 9.54. The lowest BCUT2D eigenvalue weighted by atomic mass is 10.0. The van der Waals surface area contributed by atoms with Crippen molar-refractivity contribution in [3.8, 4) is 0 Å². The van der Waals surface area contributed by atoms with Crippen LogP contribution >= 0.6 is 0 Å². The minimum absolute atomic E-state index is 0.315. The summed E-state index contributed by atoms with van der Waals surface area (Å²) in [4.78, 5) is 24.1. The molecule has 0 bridgehead atoms. The number of aliphatic imine (C=N–C) groups is 1. The van der Waals surface area contributed by atoms with Crippen molar-refractivity contribution in [3.63, 3.8) is 0 Å². The Morgan fingerprint density at radius 3 is 2.30 bits per heavy atom. The molecule has 0 aliphatic heterocycles. The SMILES string of the molecule is O=[N+]([O-])C1([N+](=O)[O-])C=CC(N=Cc2ccccc2)=CC1. The molecule has 20 heavy (non-hydrogen) atoms. The van der Waals surface area contributed by atoms with E-state index in [-0.39, 0.29) is 6.42 Å². The Morgan fingerprint density at radius 2 is 1.80 bits per heavy atom. The number of hydrogen-bond acceptors (Lipinski definition) is 5. The summed E-state index contributed by atoms with van der Waals surface area (Å²) in [5.41, 5.74) is -0.929. The van der Waals surface area contributed by atoms with Crippen LogP contribution in [0.25, 0.3) is 0 Å². The zero-order valence-corrected chi connectivity index (χ0v) is 10.4. The Morgan fingerprint density at radius 1 is 1.15 bits per heavy atom. The molecule has 0 N–H and O–H groups in total. The van der Waals surface area contributed by atoms with E-state index in [1.165, 1.54) is 12.2 Å². The molecule has 0 spiro atoms. The number of allylic oxidation sites excluding steroid dienone is 1. The summed E-state index contributed by atoms with van der Waals surface area (Å²) >= 11 is 0. The smallest absolute Gasteiger partial charge is 0.258 e. The molecular formula is C13H11N3O4. The Balaban J connectivity index is 2.15. The predicted molar refractivity (Wildman–Crippen MR) is 72.6 cm³/mol. The van der Waals surface area contributed by atoms with Crippen LogP contribution < -0.4 is 0 Å². The van der Waals surface area contributed by atoms with E-state index < -0.39 is 15.5 Å². The maximum absolute atomic E-state index is 10.8. The summed E-state index contributed by atoms with van der Waals surface area (Å²) in [6.45, 7) is 0. The standard InChI is InChI=1S/C13H11N3O4/c17-15(18)13(16(19)20)8-6-12(7-9-13)14-10-11-4-2-1-3-5-11/h1-8,10H,9H2. The summed E-state index contributed by atoms with van der Waals surface area (Å²) in [7, 11) is 0. The van der Waals surface area contributed by atoms with Gasteiger partial charge in [0.1, 0.15) is 16.3 Å². The van der Waals surface area contributed by atoms with Crippen molar-refractivity contribution in [2.75, 3.05) is 0 Å². The molecule has 1 aliphatic rings. The van der Waals surface area contributed by atoms with Crippen LogP contribution in [0.4, 0.5) is 0 Å². The molecule has 0 unspecified atom stereocenters. The van der Waals surface area contributed by atoms with Crippen molar-refractivity contribution >= 4 is 6.21 Å². The van der Waals surface area contributed by atoms with Gasteiger partial charge in [-0.1, -0.05) is 30.3 Å². The monoisotopic (exact) mass is 273 g/mol. The Bertz CT molecular complexity index is 606. The molecule has 1 aromatic rings. The molecule has 0 radical (unpaired) electrons. The molecule has 1 aromatic carbocycles. The topological polar surface area (TPSA) is 98.6 Å². The maximum atomic E-state index is 10.8. The zero-order valence-electron chi connectivity index (χ0n) is 10.4. The average Bonchev–Trinajstić information content (AvgIpc) is 2.46. The molecule has 0 saturated carbocycles. The third kappa shape index (κ3) is 2.61. The summed E-state index contributed by atoms with van der Waals surface area (Å²) in [6.07, 6.45) is 4.96. The van der Waals surface area contributed by atoms with Gasteiger partial charge in [-0.15, -0.1) is 0 Å². The van der Waals surface area contributed by atoms with Crippen LogP contribution in [-0.2, 0) is 0 Å². The fraction of sp³-hybridized carbons (Fsp3) is 0.154. The Labute approximate surface area is 114 Å². The molecule has 0 amide bonds. The first-order valence-electron chi connectivity index (χ1n) is 5.82. The van der Waals surface area contributed by atoms with Gasteiger partial charge in [0.2, 0.25) is 0 Å². The lowest BCUT2D eigenvalue weighted by Crippen LogP contribution is -2.44. The van der Waals surface area contributed by atoms with Crippen LogP contribution in [0.15, 0.2) is 59.2 Å². The molecular weight excluding hydrogens is 262 g/mol. The molecule has 7 heteroatoms. The van der Waals surface area contributed by atoms with Gasteiger partial charge in [-0.3, -0.25) is 25.2 Å². The van der Waals surface area contributed by atoms with E-state index in [2.05, 4.69) is 4.99 Å². The number of benzene rings is 1. The quantitative estimate of drug-likeness (QED) is 0.363. The predicted octanol–water partition coefficient (Wildman–Crippen LogP) is 2.20. The van der Waals surface area contributed by atoms with Crippen LogP contribution in [0, 0.1) is 20.2 Å². The first kappa shape index (κ1) is 13.6. The van der Waals surface area contributed by atoms with E-state index in [0.29, 0.717) is 5.70 Å². The first-order valence-corrected chi connectivity index (χ1v) is 5.82. The highest BCUT2D eigenvalue weighted by molar-refractivity contribution is 5.80. The van der Waals surface area contributed by atoms with Crippen LogP contribution in [0.1, 0.15) is 12.0 Å². The number of rotatable bonds is 4. The molecule has 0 aromatic heterocycles. The maximum Gasteiger partial charge on any atom is 0.481 e.